The van der Waals surface area contributed by atoms with Crippen LogP contribution in [0.15, 0.2) is 72.3 Å². The molecule has 3 aromatic rings. The molecule has 52 heavy (non-hydrogen) atoms. The number of ether oxygens (including phenoxy) is 3. The maximum absolute atomic E-state index is 14.7. The molecular formula is C38H34Cl2FN3O8. The van der Waals surface area contributed by atoms with Crippen LogP contribution in [0.25, 0.3) is 0 Å². The first-order chi connectivity index (χ1) is 24.9. The molecule has 1 N–H and O–H groups in total. The Morgan fingerprint density at radius 2 is 1.46 bits per heavy atom. The van der Waals surface area contributed by atoms with E-state index in [9.17, 15) is 28.7 Å². The van der Waals surface area contributed by atoms with Gasteiger partial charge in [0.2, 0.25) is 11.8 Å². The van der Waals surface area contributed by atoms with Gasteiger partial charge < -0.3 is 24.2 Å². The molecule has 3 aromatic carbocycles. The SMILES string of the molecule is COc1cc(O)c(C2C3=CCC4C(=O)N(c5ccc(N6CCOCC6)cc5)C(=O)C4C3CC3(Cl)C(=O)N(c4ccc(F)cc4)C(=O)C23Cl)c(OC)c1. The highest BCUT2D eigenvalue weighted by Gasteiger charge is 2.77. The number of hydrogen-bond donors (Lipinski definition) is 1. The number of carbonyl (C=O) groups is 4. The number of morpholine rings is 1. The second-order valence-electron chi connectivity index (χ2n) is 13.6. The summed E-state index contributed by atoms with van der Waals surface area (Å²) < 4.78 is 30.5. The summed E-state index contributed by atoms with van der Waals surface area (Å²) in [5.74, 6) is -7.10. The van der Waals surface area contributed by atoms with Crippen LogP contribution in [0.5, 0.6) is 17.2 Å². The number of rotatable bonds is 6. The third-order valence-electron chi connectivity index (χ3n) is 11.2. The molecule has 3 heterocycles. The molecule has 3 aliphatic heterocycles. The Labute approximate surface area is 308 Å². The van der Waals surface area contributed by atoms with E-state index in [1.54, 1.807) is 18.2 Å². The quantitative estimate of drug-likeness (QED) is 0.207. The molecule has 4 fully saturated rings. The van der Waals surface area contributed by atoms with Crippen LogP contribution in [0.1, 0.15) is 24.3 Å². The second kappa shape index (κ2) is 12.5. The Kier molecular flexibility index (Phi) is 8.27. The van der Waals surface area contributed by atoms with E-state index in [0.29, 0.717) is 24.5 Å². The van der Waals surface area contributed by atoms with Gasteiger partial charge in [0.25, 0.3) is 11.8 Å². The fourth-order valence-electron chi connectivity index (χ4n) is 8.77. The molecule has 6 unspecified atom stereocenters. The number of fused-ring (bicyclic) bond motifs is 4. The summed E-state index contributed by atoms with van der Waals surface area (Å²) in [6, 6.07) is 14.8. The van der Waals surface area contributed by atoms with Crippen LogP contribution in [0.3, 0.4) is 0 Å². The average Bonchev–Trinajstić information content (AvgIpc) is 3.49. The third kappa shape index (κ3) is 4.80. The molecular weight excluding hydrogens is 716 g/mol. The Morgan fingerprint density at radius 1 is 0.827 bits per heavy atom. The highest BCUT2D eigenvalue weighted by Crippen LogP contribution is 2.67. The number of alkyl halides is 2. The Balaban J connectivity index is 1.25. The van der Waals surface area contributed by atoms with Crippen molar-refractivity contribution in [2.45, 2.75) is 28.5 Å². The zero-order chi connectivity index (χ0) is 36.7. The molecule has 3 saturated heterocycles. The lowest BCUT2D eigenvalue weighted by Gasteiger charge is -2.50. The molecule has 1 saturated carbocycles. The van der Waals surface area contributed by atoms with E-state index in [1.807, 2.05) is 12.1 Å². The van der Waals surface area contributed by atoms with Crippen molar-refractivity contribution in [3.63, 3.8) is 0 Å². The number of carbonyl (C=O) groups excluding carboxylic acids is 4. The van der Waals surface area contributed by atoms with Crippen LogP contribution < -0.4 is 24.2 Å². The largest absolute Gasteiger partial charge is 0.507 e. The number of halogens is 3. The van der Waals surface area contributed by atoms with Gasteiger partial charge in [-0.3, -0.25) is 24.1 Å². The van der Waals surface area contributed by atoms with Crippen molar-refractivity contribution in [1.82, 2.24) is 0 Å². The standard InChI is InChI=1S/C38H34Cl2FN3O8/c1-50-24-17-28(45)31(29(18-24)51-2)32-25-11-12-26-30(34(47)43(33(26)46)22-9-7-21(8-10-22)42-13-15-52-16-14-42)27(25)19-37(39)35(48)44(36(49)38(32,37)40)23-5-3-20(41)4-6-23/h3-11,17-18,26-27,30,32,45H,12-16,19H2,1-2H3. The van der Waals surface area contributed by atoms with E-state index in [4.69, 9.17) is 37.4 Å². The summed E-state index contributed by atoms with van der Waals surface area (Å²) in [4.78, 5) is 57.6. The minimum Gasteiger partial charge on any atom is -0.507 e. The summed E-state index contributed by atoms with van der Waals surface area (Å²) in [5, 5.41) is 11.6. The van der Waals surface area contributed by atoms with Gasteiger partial charge in [-0.1, -0.05) is 11.6 Å². The molecule has 0 radical (unpaired) electrons. The van der Waals surface area contributed by atoms with Gasteiger partial charge in [-0.15, -0.1) is 23.2 Å². The number of benzene rings is 3. The number of amides is 4. The fourth-order valence-corrected chi connectivity index (χ4v) is 9.69. The van der Waals surface area contributed by atoms with Gasteiger partial charge in [0.1, 0.15) is 23.1 Å². The summed E-state index contributed by atoms with van der Waals surface area (Å²) in [6.45, 7) is 2.65. The number of nitrogens with zero attached hydrogens (tertiary/aromatic N) is 3. The van der Waals surface area contributed by atoms with Crippen LogP contribution in [0, 0.1) is 23.6 Å². The van der Waals surface area contributed by atoms with Crippen LogP contribution in [0.4, 0.5) is 21.5 Å². The van der Waals surface area contributed by atoms with Crippen molar-refractivity contribution in [3.8, 4) is 17.2 Å². The lowest BCUT2D eigenvalue weighted by Crippen LogP contribution is -2.60. The van der Waals surface area contributed by atoms with Crippen molar-refractivity contribution in [1.29, 1.82) is 0 Å². The van der Waals surface area contributed by atoms with Gasteiger partial charge in [0.15, 0.2) is 9.75 Å². The predicted molar refractivity (Wildman–Crippen MR) is 190 cm³/mol. The molecule has 0 spiro atoms. The molecule has 270 valence electrons. The van der Waals surface area contributed by atoms with Gasteiger partial charge in [-0.2, -0.15) is 0 Å². The van der Waals surface area contributed by atoms with Crippen molar-refractivity contribution in [2.24, 2.45) is 17.8 Å². The summed E-state index contributed by atoms with van der Waals surface area (Å²) >= 11 is 14.9. The van der Waals surface area contributed by atoms with E-state index in [0.717, 1.165) is 35.8 Å². The van der Waals surface area contributed by atoms with E-state index in [-0.39, 0.29) is 47.2 Å². The van der Waals surface area contributed by atoms with Crippen molar-refractivity contribution >= 4 is 63.9 Å². The van der Waals surface area contributed by atoms with Crippen molar-refractivity contribution in [3.05, 3.63) is 83.7 Å². The number of phenolic OH excluding ortho intramolecular Hbond substituents is 1. The molecule has 14 heteroatoms. The first-order valence-corrected chi connectivity index (χ1v) is 17.7. The summed E-state index contributed by atoms with van der Waals surface area (Å²) in [6.07, 6.45) is 1.63. The Hall–Kier alpha value is -4.65. The summed E-state index contributed by atoms with van der Waals surface area (Å²) in [7, 11) is 2.78. The first-order valence-electron chi connectivity index (χ1n) is 16.9. The van der Waals surface area contributed by atoms with Gasteiger partial charge in [0.05, 0.1) is 50.6 Å². The van der Waals surface area contributed by atoms with Crippen molar-refractivity contribution < 1.29 is 42.9 Å². The average molecular weight is 751 g/mol. The zero-order valence-corrected chi connectivity index (χ0v) is 29.7. The van der Waals surface area contributed by atoms with Crippen LogP contribution >= 0.6 is 23.2 Å². The number of allylic oxidation sites excluding steroid dienone is 2. The van der Waals surface area contributed by atoms with Crippen LogP contribution in [-0.4, -0.2) is 79.0 Å². The molecule has 5 aliphatic rings. The third-order valence-corrected chi connectivity index (χ3v) is 12.6. The van der Waals surface area contributed by atoms with Gasteiger partial charge in [-0.05, 0) is 67.3 Å². The highest BCUT2D eigenvalue weighted by atomic mass is 35.5. The smallest absolute Gasteiger partial charge is 0.258 e. The van der Waals surface area contributed by atoms with Gasteiger partial charge in [0, 0.05) is 42.4 Å². The lowest BCUT2D eigenvalue weighted by molar-refractivity contribution is -0.125. The van der Waals surface area contributed by atoms with Gasteiger partial charge in [-0.25, -0.2) is 9.29 Å². The zero-order valence-electron chi connectivity index (χ0n) is 28.2. The number of anilines is 3. The Morgan fingerprint density at radius 3 is 2.12 bits per heavy atom. The predicted octanol–water partition coefficient (Wildman–Crippen LogP) is 5.15. The monoisotopic (exact) mass is 749 g/mol. The maximum atomic E-state index is 14.7. The maximum Gasteiger partial charge on any atom is 0.258 e. The molecule has 8 rings (SSSR count). The molecule has 2 aliphatic carbocycles. The van der Waals surface area contributed by atoms with Crippen LogP contribution in [-0.2, 0) is 23.9 Å². The van der Waals surface area contributed by atoms with Gasteiger partial charge >= 0.3 is 0 Å². The number of phenols is 1. The molecule has 11 nitrogen and oxygen atoms in total. The molecule has 0 aromatic heterocycles. The normalized spacial score (nSPS) is 29.9. The minimum atomic E-state index is -2.25. The Bertz CT molecular complexity index is 2040. The highest BCUT2D eigenvalue weighted by molar-refractivity contribution is 6.58. The number of aromatic hydroxyl groups is 1. The van der Waals surface area contributed by atoms with E-state index < -0.39 is 57.0 Å². The lowest BCUT2D eigenvalue weighted by atomic mass is 9.56. The minimum absolute atomic E-state index is 0.0455. The topological polar surface area (TPSA) is 126 Å². The number of methoxy groups -OCH3 is 2. The molecule has 4 amide bonds. The number of hydrogen-bond acceptors (Lipinski definition) is 9. The number of imide groups is 2. The molecule has 6 atom stereocenters. The van der Waals surface area contributed by atoms with E-state index >= 15 is 0 Å². The molecule has 0 bridgehead atoms. The second-order valence-corrected chi connectivity index (χ2v) is 14.9. The summed E-state index contributed by atoms with van der Waals surface area (Å²) in [5.41, 5.74) is 1.93. The first kappa shape index (κ1) is 34.4. The van der Waals surface area contributed by atoms with Crippen molar-refractivity contribution in [2.75, 3.05) is 55.2 Å². The fraction of sp³-hybridized carbons (Fsp3) is 0.368. The van der Waals surface area contributed by atoms with Crippen LogP contribution in [0.2, 0.25) is 0 Å². The van der Waals surface area contributed by atoms with E-state index in [1.165, 1.54) is 43.4 Å². The van der Waals surface area contributed by atoms with E-state index in [2.05, 4.69) is 4.90 Å².